The maximum Gasteiger partial charge on any atom is 0.252 e. The van der Waals surface area contributed by atoms with Crippen LogP contribution < -0.4 is 5.32 Å². The summed E-state index contributed by atoms with van der Waals surface area (Å²) in [7, 11) is 0. The van der Waals surface area contributed by atoms with Crippen LogP contribution in [0.1, 0.15) is 36.3 Å². The van der Waals surface area contributed by atoms with Gasteiger partial charge in [0, 0.05) is 19.3 Å². The summed E-state index contributed by atoms with van der Waals surface area (Å²) in [5, 5.41) is 11.4. The molecule has 96 valence electrons. The number of nitrogens with zero attached hydrogens (tertiary/aromatic N) is 2. The largest absolute Gasteiger partial charge is 0.379 e. The van der Waals surface area contributed by atoms with E-state index < -0.39 is 0 Å². The summed E-state index contributed by atoms with van der Waals surface area (Å²) in [5.74, 6) is -0.184. The van der Waals surface area contributed by atoms with Crippen molar-refractivity contribution < 1.29 is 9.53 Å². The zero-order valence-electron chi connectivity index (χ0n) is 10.6. The minimum atomic E-state index is -0.184. The predicted molar refractivity (Wildman–Crippen MR) is 67.0 cm³/mol. The van der Waals surface area contributed by atoms with Gasteiger partial charge in [0.1, 0.15) is 11.8 Å². The molecule has 1 amide bonds. The van der Waals surface area contributed by atoms with Crippen molar-refractivity contribution in [2.45, 2.75) is 26.4 Å². The van der Waals surface area contributed by atoms with Crippen molar-refractivity contribution in [3.8, 4) is 6.07 Å². The van der Waals surface area contributed by atoms with Crippen molar-refractivity contribution >= 4 is 5.91 Å². The number of aromatic nitrogens is 1. The molecule has 5 heteroatoms. The molecular formula is C13H17N3O2. The minimum absolute atomic E-state index is 0.184. The van der Waals surface area contributed by atoms with Crippen LogP contribution in [0.4, 0.5) is 0 Å². The number of carbonyl (C=O) groups excluding carboxylic acids is 1. The lowest BCUT2D eigenvalue weighted by Gasteiger charge is -2.08. The van der Waals surface area contributed by atoms with Crippen LogP contribution in [0.25, 0.3) is 0 Å². The molecule has 0 unspecified atom stereocenters. The van der Waals surface area contributed by atoms with E-state index in [-0.39, 0.29) is 12.0 Å². The van der Waals surface area contributed by atoms with Crippen molar-refractivity contribution in [2.75, 3.05) is 13.2 Å². The molecule has 1 aromatic rings. The van der Waals surface area contributed by atoms with E-state index in [0.29, 0.717) is 24.4 Å². The van der Waals surface area contributed by atoms with Crippen LogP contribution in [0.5, 0.6) is 0 Å². The Morgan fingerprint density at radius 2 is 2.33 bits per heavy atom. The topological polar surface area (TPSA) is 75.0 Å². The van der Waals surface area contributed by atoms with Gasteiger partial charge in [-0.1, -0.05) is 0 Å². The van der Waals surface area contributed by atoms with Crippen molar-refractivity contribution in [3.05, 3.63) is 29.6 Å². The molecule has 0 radical (unpaired) electrons. The minimum Gasteiger partial charge on any atom is -0.379 e. The van der Waals surface area contributed by atoms with E-state index in [2.05, 4.69) is 10.3 Å². The first-order valence-electron chi connectivity index (χ1n) is 5.89. The molecule has 1 aromatic heterocycles. The summed E-state index contributed by atoms with van der Waals surface area (Å²) in [5.41, 5.74) is 0.760. The van der Waals surface area contributed by atoms with Crippen LogP contribution in [0.15, 0.2) is 18.3 Å². The van der Waals surface area contributed by atoms with Gasteiger partial charge in [-0.25, -0.2) is 4.98 Å². The molecule has 0 spiro atoms. The van der Waals surface area contributed by atoms with Crippen LogP contribution in [0.3, 0.4) is 0 Å². The molecule has 0 bridgehead atoms. The third-order valence-electron chi connectivity index (χ3n) is 2.20. The molecule has 0 aliphatic rings. The Kier molecular flexibility index (Phi) is 5.81. The van der Waals surface area contributed by atoms with Gasteiger partial charge in [-0.15, -0.1) is 0 Å². The average molecular weight is 247 g/mol. The summed E-state index contributed by atoms with van der Waals surface area (Å²) < 4.78 is 5.36. The van der Waals surface area contributed by atoms with Crippen molar-refractivity contribution in [1.29, 1.82) is 5.26 Å². The molecule has 0 aliphatic carbocycles. The van der Waals surface area contributed by atoms with Gasteiger partial charge in [0.05, 0.1) is 11.7 Å². The summed E-state index contributed by atoms with van der Waals surface area (Å²) in [6.45, 7) is 5.14. The molecule has 1 N–H and O–H groups in total. The number of pyridine rings is 1. The van der Waals surface area contributed by atoms with E-state index >= 15 is 0 Å². The van der Waals surface area contributed by atoms with E-state index in [4.69, 9.17) is 10.00 Å². The molecule has 0 saturated heterocycles. The molecule has 0 aromatic carbocycles. The van der Waals surface area contributed by atoms with E-state index in [0.717, 1.165) is 6.42 Å². The van der Waals surface area contributed by atoms with Crippen LogP contribution in [0, 0.1) is 11.3 Å². The highest BCUT2D eigenvalue weighted by Gasteiger charge is 2.05. The number of ether oxygens (including phenoxy) is 1. The molecular weight excluding hydrogens is 230 g/mol. The Morgan fingerprint density at radius 3 is 2.89 bits per heavy atom. The molecule has 1 heterocycles. The third kappa shape index (κ3) is 4.93. The monoisotopic (exact) mass is 247 g/mol. The zero-order chi connectivity index (χ0) is 13.4. The predicted octanol–water partition coefficient (Wildman–Crippen LogP) is 1.50. The SMILES string of the molecule is CC(C)OCCCNC(=O)c1ccc(C#N)nc1. The highest BCUT2D eigenvalue weighted by Crippen LogP contribution is 1.99. The van der Waals surface area contributed by atoms with Gasteiger partial charge in [0.2, 0.25) is 0 Å². The van der Waals surface area contributed by atoms with Crippen molar-refractivity contribution in [2.24, 2.45) is 0 Å². The molecule has 0 aliphatic heterocycles. The second-order valence-corrected chi connectivity index (χ2v) is 4.07. The van der Waals surface area contributed by atoms with E-state index in [1.165, 1.54) is 12.3 Å². The first-order chi connectivity index (χ1) is 8.63. The maximum atomic E-state index is 11.7. The van der Waals surface area contributed by atoms with Crippen molar-refractivity contribution in [3.63, 3.8) is 0 Å². The molecule has 18 heavy (non-hydrogen) atoms. The summed E-state index contributed by atoms with van der Waals surface area (Å²) in [4.78, 5) is 15.5. The smallest absolute Gasteiger partial charge is 0.252 e. The first kappa shape index (κ1) is 14.1. The van der Waals surface area contributed by atoms with Crippen molar-refractivity contribution in [1.82, 2.24) is 10.3 Å². The van der Waals surface area contributed by atoms with E-state index in [1.54, 1.807) is 6.07 Å². The summed E-state index contributed by atoms with van der Waals surface area (Å²) in [6.07, 6.45) is 2.38. The number of hydrogen-bond acceptors (Lipinski definition) is 4. The van der Waals surface area contributed by atoms with Gasteiger partial charge in [-0.05, 0) is 32.4 Å². The van der Waals surface area contributed by atoms with Gasteiger partial charge < -0.3 is 10.1 Å². The number of nitrogens with one attached hydrogen (secondary N) is 1. The fourth-order valence-electron chi connectivity index (χ4n) is 1.29. The number of hydrogen-bond donors (Lipinski definition) is 1. The Balaban J connectivity index is 2.30. The Hall–Kier alpha value is -1.93. The number of rotatable bonds is 6. The second kappa shape index (κ2) is 7.41. The number of amides is 1. The Bertz CT molecular complexity index is 421. The Morgan fingerprint density at radius 1 is 1.56 bits per heavy atom. The zero-order valence-corrected chi connectivity index (χ0v) is 10.6. The average Bonchev–Trinajstić information content (AvgIpc) is 2.38. The molecule has 0 fully saturated rings. The van der Waals surface area contributed by atoms with Crippen LogP contribution in [-0.2, 0) is 4.74 Å². The van der Waals surface area contributed by atoms with E-state index in [9.17, 15) is 4.79 Å². The van der Waals surface area contributed by atoms with Gasteiger partial charge in [0.15, 0.2) is 0 Å². The van der Waals surface area contributed by atoms with Gasteiger partial charge in [0.25, 0.3) is 5.91 Å². The van der Waals surface area contributed by atoms with Gasteiger partial charge in [-0.2, -0.15) is 5.26 Å². The second-order valence-electron chi connectivity index (χ2n) is 4.07. The first-order valence-corrected chi connectivity index (χ1v) is 5.89. The van der Waals surface area contributed by atoms with Gasteiger partial charge >= 0.3 is 0 Å². The third-order valence-corrected chi connectivity index (χ3v) is 2.20. The highest BCUT2D eigenvalue weighted by atomic mass is 16.5. The van der Waals surface area contributed by atoms with Crippen LogP contribution in [0.2, 0.25) is 0 Å². The van der Waals surface area contributed by atoms with Crippen LogP contribution in [-0.4, -0.2) is 30.1 Å². The van der Waals surface area contributed by atoms with Crippen LogP contribution >= 0.6 is 0 Å². The summed E-state index contributed by atoms with van der Waals surface area (Å²) >= 11 is 0. The molecule has 1 rings (SSSR count). The fraction of sp³-hybridized carbons (Fsp3) is 0.462. The van der Waals surface area contributed by atoms with Gasteiger partial charge in [-0.3, -0.25) is 4.79 Å². The quantitative estimate of drug-likeness (QED) is 0.773. The molecule has 5 nitrogen and oxygen atoms in total. The standard InChI is InChI=1S/C13H17N3O2/c1-10(2)18-7-3-6-15-13(17)11-4-5-12(8-14)16-9-11/h4-5,9-10H,3,6-7H2,1-2H3,(H,15,17). The number of carbonyl (C=O) groups is 1. The maximum absolute atomic E-state index is 11.7. The molecule has 0 atom stereocenters. The summed E-state index contributed by atoms with van der Waals surface area (Å²) in [6, 6.07) is 5.02. The fourth-order valence-corrected chi connectivity index (χ4v) is 1.29. The highest BCUT2D eigenvalue weighted by molar-refractivity contribution is 5.93. The lowest BCUT2D eigenvalue weighted by molar-refractivity contribution is 0.0757. The lowest BCUT2D eigenvalue weighted by Crippen LogP contribution is -2.25. The Labute approximate surface area is 107 Å². The van der Waals surface area contributed by atoms with E-state index in [1.807, 2.05) is 19.9 Å². The normalized spacial score (nSPS) is 10.1. The lowest BCUT2D eigenvalue weighted by atomic mass is 10.2. The number of nitriles is 1. The molecule has 0 saturated carbocycles.